The third-order valence-electron chi connectivity index (χ3n) is 9.88. The highest BCUT2D eigenvalue weighted by molar-refractivity contribution is 6.12. The summed E-state index contributed by atoms with van der Waals surface area (Å²) in [6.45, 7) is 0. The maximum atomic E-state index is 6.59. The van der Waals surface area contributed by atoms with Gasteiger partial charge in [-0.05, 0) is 41.0 Å². The molecule has 1 aliphatic carbocycles. The van der Waals surface area contributed by atoms with Crippen LogP contribution in [-0.4, -0.2) is 21.0 Å². The van der Waals surface area contributed by atoms with Crippen LogP contribution in [0.2, 0.25) is 0 Å². The van der Waals surface area contributed by atoms with Crippen LogP contribution in [-0.2, 0) is 0 Å². The number of hydrogen-bond acceptors (Lipinski definition) is 5. The lowest BCUT2D eigenvalue weighted by molar-refractivity contribution is 0.668. The quantitative estimate of drug-likeness (QED) is 0.187. The number of allylic oxidation sites excluding steroid dienone is 2. The van der Waals surface area contributed by atoms with Gasteiger partial charge in [-0.15, -0.1) is 0 Å². The Hall–Kier alpha value is -6.59. The zero-order valence-electron chi connectivity index (χ0n) is 27.0. The SMILES string of the molecule is C1=CC2c3ccccc3N(c3ccc4c(c3)oc3cccc(-c5nc(-c6ccccc6)nc(-c6ccc(-c7ccccc7)cc6)n5)c34)C2C=C1. The zero-order chi connectivity index (χ0) is 33.0. The fourth-order valence-corrected chi connectivity index (χ4v) is 7.53. The molecule has 10 rings (SSSR count). The highest BCUT2D eigenvalue weighted by Gasteiger charge is 2.37. The molecule has 8 aromatic rings. The first kappa shape index (κ1) is 28.4. The highest BCUT2D eigenvalue weighted by atomic mass is 16.3. The monoisotopic (exact) mass is 642 g/mol. The summed E-state index contributed by atoms with van der Waals surface area (Å²) >= 11 is 0. The zero-order valence-corrected chi connectivity index (χ0v) is 27.0. The molecule has 0 saturated heterocycles. The Balaban J connectivity index is 1.11. The van der Waals surface area contributed by atoms with E-state index in [1.54, 1.807) is 0 Å². The number of rotatable bonds is 5. The lowest BCUT2D eigenvalue weighted by Gasteiger charge is -2.28. The van der Waals surface area contributed by atoms with Crippen molar-refractivity contribution in [2.75, 3.05) is 4.90 Å². The van der Waals surface area contributed by atoms with Gasteiger partial charge in [0, 0.05) is 50.8 Å². The molecule has 50 heavy (non-hydrogen) atoms. The minimum absolute atomic E-state index is 0.219. The van der Waals surface area contributed by atoms with E-state index in [-0.39, 0.29) is 6.04 Å². The Bertz CT molecular complexity index is 2610. The van der Waals surface area contributed by atoms with Gasteiger partial charge in [-0.1, -0.05) is 140 Å². The first-order valence-corrected chi connectivity index (χ1v) is 16.9. The van der Waals surface area contributed by atoms with Crippen LogP contribution in [0.3, 0.4) is 0 Å². The molecule has 2 aliphatic rings. The van der Waals surface area contributed by atoms with Crippen molar-refractivity contribution >= 4 is 33.3 Å². The van der Waals surface area contributed by atoms with Gasteiger partial charge in [0.2, 0.25) is 0 Å². The Morgan fingerprint density at radius 2 is 1.14 bits per heavy atom. The Morgan fingerprint density at radius 3 is 1.94 bits per heavy atom. The summed E-state index contributed by atoms with van der Waals surface area (Å²) in [5, 5.41) is 2.02. The number of para-hydroxylation sites is 1. The summed E-state index contributed by atoms with van der Waals surface area (Å²) in [5.41, 5.74) is 10.4. The molecule has 3 heterocycles. The van der Waals surface area contributed by atoms with Gasteiger partial charge in [0.1, 0.15) is 11.2 Å². The van der Waals surface area contributed by atoms with E-state index in [2.05, 4.69) is 126 Å². The van der Waals surface area contributed by atoms with Gasteiger partial charge < -0.3 is 9.32 Å². The molecule has 6 aromatic carbocycles. The molecule has 0 saturated carbocycles. The van der Waals surface area contributed by atoms with Gasteiger partial charge in [-0.3, -0.25) is 0 Å². The number of furan rings is 1. The molecule has 5 heteroatoms. The van der Waals surface area contributed by atoms with Gasteiger partial charge >= 0.3 is 0 Å². The van der Waals surface area contributed by atoms with Crippen LogP contribution in [0.15, 0.2) is 174 Å². The number of fused-ring (bicyclic) bond motifs is 6. The normalized spacial score (nSPS) is 16.2. The number of aromatic nitrogens is 3. The van der Waals surface area contributed by atoms with Crippen LogP contribution < -0.4 is 4.90 Å². The van der Waals surface area contributed by atoms with Crippen molar-refractivity contribution in [3.05, 3.63) is 175 Å². The minimum atomic E-state index is 0.219. The van der Waals surface area contributed by atoms with Gasteiger partial charge in [0.25, 0.3) is 0 Å². The van der Waals surface area contributed by atoms with Gasteiger partial charge in [-0.25, -0.2) is 15.0 Å². The van der Waals surface area contributed by atoms with Crippen LogP contribution in [0.5, 0.6) is 0 Å². The molecule has 5 nitrogen and oxygen atoms in total. The highest BCUT2D eigenvalue weighted by Crippen LogP contribution is 2.48. The largest absolute Gasteiger partial charge is 0.456 e. The first-order valence-electron chi connectivity index (χ1n) is 16.9. The fraction of sp³-hybridized carbons (Fsp3) is 0.0444. The second kappa shape index (κ2) is 11.5. The smallest absolute Gasteiger partial charge is 0.164 e. The maximum absolute atomic E-state index is 6.59. The summed E-state index contributed by atoms with van der Waals surface area (Å²) < 4.78 is 6.59. The predicted octanol–water partition coefficient (Wildman–Crippen LogP) is 11.2. The molecule has 0 spiro atoms. The Labute approximate surface area is 289 Å². The van der Waals surface area contributed by atoms with Crippen molar-refractivity contribution in [3.63, 3.8) is 0 Å². The Kier molecular flexibility index (Phi) is 6.56. The molecule has 0 radical (unpaired) electrons. The van der Waals surface area contributed by atoms with Crippen molar-refractivity contribution in [2.45, 2.75) is 12.0 Å². The van der Waals surface area contributed by atoms with Gasteiger partial charge in [0.15, 0.2) is 17.5 Å². The molecule has 0 bridgehead atoms. The standard InChI is InChI=1S/C45H30N4O/c1-3-12-29(13-4-1)30-22-24-32(25-23-30)44-46-43(31-14-5-2-6-15-31)47-45(48-44)37-18-11-21-40-42(37)36-27-26-33(28-41(36)50-40)49-38-19-9-7-16-34(38)35-17-8-10-20-39(35)49/h1-28,34,38H. The van der Waals surface area contributed by atoms with Crippen molar-refractivity contribution in [2.24, 2.45) is 0 Å². The fourth-order valence-electron chi connectivity index (χ4n) is 7.53. The minimum Gasteiger partial charge on any atom is -0.456 e. The second-order valence-corrected chi connectivity index (χ2v) is 12.8. The first-order chi connectivity index (χ1) is 24.8. The molecule has 0 fully saturated rings. The average Bonchev–Trinajstić information content (AvgIpc) is 3.74. The number of nitrogens with zero attached hydrogens (tertiary/aromatic N) is 4. The Morgan fingerprint density at radius 1 is 0.500 bits per heavy atom. The van der Waals surface area contributed by atoms with E-state index in [4.69, 9.17) is 19.4 Å². The molecule has 2 atom stereocenters. The number of hydrogen-bond donors (Lipinski definition) is 0. The molecular weight excluding hydrogens is 613 g/mol. The number of benzene rings is 6. The molecule has 0 amide bonds. The third kappa shape index (κ3) is 4.66. The number of anilines is 2. The van der Waals surface area contributed by atoms with Crippen molar-refractivity contribution in [1.29, 1.82) is 0 Å². The van der Waals surface area contributed by atoms with Crippen molar-refractivity contribution in [1.82, 2.24) is 15.0 Å². The van der Waals surface area contributed by atoms with E-state index in [0.29, 0.717) is 23.4 Å². The van der Waals surface area contributed by atoms with Crippen LogP contribution in [0.25, 0.3) is 67.2 Å². The van der Waals surface area contributed by atoms with Crippen LogP contribution in [0.1, 0.15) is 11.5 Å². The predicted molar refractivity (Wildman–Crippen MR) is 202 cm³/mol. The van der Waals surface area contributed by atoms with E-state index in [1.807, 2.05) is 48.5 Å². The second-order valence-electron chi connectivity index (χ2n) is 12.8. The van der Waals surface area contributed by atoms with Crippen LogP contribution >= 0.6 is 0 Å². The molecular formula is C45H30N4O. The van der Waals surface area contributed by atoms with E-state index in [9.17, 15) is 0 Å². The van der Waals surface area contributed by atoms with Crippen LogP contribution in [0.4, 0.5) is 11.4 Å². The summed E-state index contributed by atoms with van der Waals surface area (Å²) in [6, 6.07) is 50.5. The third-order valence-corrected chi connectivity index (χ3v) is 9.88. The van der Waals surface area contributed by atoms with Gasteiger partial charge in [-0.2, -0.15) is 0 Å². The van der Waals surface area contributed by atoms with Gasteiger partial charge in [0.05, 0.1) is 6.04 Å². The molecule has 2 unspecified atom stereocenters. The van der Waals surface area contributed by atoms with E-state index >= 15 is 0 Å². The summed E-state index contributed by atoms with van der Waals surface area (Å²) in [6.07, 6.45) is 8.90. The lowest BCUT2D eigenvalue weighted by Crippen LogP contribution is -2.28. The van der Waals surface area contributed by atoms with E-state index < -0.39 is 0 Å². The molecule has 0 N–H and O–H groups in total. The topological polar surface area (TPSA) is 55.1 Å². The van der Waals surface area contributed by atoms with E-state index in [1.165, 1.54) is 16.8 Å². The lowest BCUT2D eigenvalue weighted by atomic mass is 9.91. The summed E-state index contributed by atoms with van der Waals surface area (Å²) in [5.74, 6) is 2.17. The van der Waals surface area contributed by atoms with Crippen LogP contribution in [0, 0.1) is 0 Å². The van der Waals surface area contributed by atoms with E-state index in [0.717, 1.165) is 49.9 Å². The van der Waals surface area contributed by atoms with Crippen molar-refractivity contribution in [3.8, 4) is 45.3 Å². The molecule has 236 valence electrons. The molecule has 2 aromatic heterocycles. The average molecular weight is 643 g/mol. The summed E-state index contributed by atoms with van der Waals surface area (Å²) in [7, 11) is 0. The maximum Gasteiger partial charge on any atom is 0.164 e. The molecule has 1 aliphatic heterocycles. The van der Waals surface area contributed by atoms with Crippen molar-refractivity contribution < 1.29 is 4.42 Å². The summed E-state index contributed by atoms with van der Waals surface area (Å²) in [4.78, 5) is 17.6.